The number of nitrogens with zero attached hydrogens (tertiary/aromatic N) is 1. The van der Waals surface area contributed by atoms with Crippen LogP contribution in [0.3, 0.4) is 0 Å². The predicted octanol–water partition coefficient (Wildman–Crippen LogP) is 6.95. The van der Waals surface area contributed by atoms with Gasteiger partial charge in [0.05, 0.1) is 6.61 Å². The van der Waals surface area contributed by atoms with Crippen molar-refractivity contribution in [3.63, 3.8) is 0 Å². The summed E-state index contributed by atoms with van der Waals surface area (Å²) in [6.45, 7) is 7.10. The molecule has 0 amide bonds. The van der Waals surface area contributed by atoms with Gasteiger partial charge in [-0.1, -0.05) is 42.0 Å². The molecule has 0 N–H and O–H groups in total. The van der Waals surface area contributed by atoms with Crippen molar-refractivity contribution >= 4 is 16.9 Å². The van der Waals surface area contributed by atoms with Crippen LogP contribution in [-0.2, 0) is 11.2 Å². The molecule has 0 unspecified atom stereocenters. The van der Waals surface area contributed by atoms with Gasteiger partial charge in [0.1, 0.15) is 10.8 Å². The third kappa shape index (κ3) is 5.43. The van der Waals surface area contributed by atoms with E-state index in [-0.39, 0.29) is 0 Å². The molecule has 3 heteroatoms. The zero-order valence-electron chi connectivity index (χ0n) is 16.6. The molecule has 0 aliphatic heterocycles. The minimum Gasteiger partial charge on any atom is -0.498 e. The number of ether oxygens (including phenoxy) is 1. The maximum Gasteiger partial charge on any atom is 0.123 e. The van der Waals surface area contributed by atoms with Gasteiger partial charge < -0.3 is 4.74 Å². The van der Waals surface area contributed by atoms with Crippen molar-refractivity contribution in [2.24, 2.45) is 0 Å². The van der Waals surface area contributed by atoms with Crippen molar-refractivity contribution in [2.45, 2.75) is 52.9 Å². The second kappa shape index (κ2) is 9.70. The molecular formula is C24H29NOS. The highest BCUT2D eigenvalue weighted by Gasteiger charge is 2.10. The molecule has 0 aromatic carbocycles. The highest BCUT2D eigenvalue weighted by Crippen LogP contribution is 2.28. The molecule has 142 valence electrons. The largest absolute Gasteiger partial charge is 0.498 e. The Balaban J connectivity index is 1.61. The molecule has 0 saturated carbocycles. The molecule has 2 aliphatic carbocycles. The standard InChI is InChI=1S/C24H29NOS/c1-4-26-23-15-9-13-21(16-19(23)3)24-25-17-22(27-24)14-7-5-6-11-20-12-8-10-18(20)2/h5-7,9,11,13,16-17H,4,8,10,12,14-15H2,1-3H3/b7-5+,11-6-. The summed E-state index contributed by atoms with van der Waals surface area (Å²) in [6, 6.07) is 0. The average Bonchev–Trinajstić information content (AvgIpc) is 3.24. The van der Waals surface area contributed by atoms with E-state index < -0.39 is 0 Å². The van der Waals surface area contributed by atoms with Crippen LogP contribution < -0.4 is 0 Å². The van der Waals surface area contributed by atoms with Crippen molar-refractivity contribution in [1.82, 2.24) is 4.98 Å². The Kier molecular flexibility index (Phi) is 7.05. The van der Waals surface area contributed by atoms with Crippen LogP contribution in [0.25, 0.3) is 5.57 Å². The van der Waals surface area contributed by atoms with E-state index in [1.165, 1.54) is 40.9 Å². The molecule has 2 aliphatic rings. The number of hydrogen-bond donors (Lipinski definition) is 0. The first-order chi connectivity index (χ1) is 13.2. The van der Waals surface area contributed by atoms with Crippen molar-refractivity contribution in [3.8, 4) is 0 Å². The molecule has 27 heavy (non-hydrogen) atoms. The monoisotopic (exact) mass is 379 g/mol. The van der Waals surface area contributed by atoms with Gasteiger partial charge in [-0.15, -0.1) is 11.3 Å². The Morgan fingerprint density at radius 2 is 2.11 bits per heavy atom. The number of allylic oxidation sites excluding steroid dienone is 11. The second-order valence-corrected chi connectivity index (χ2v) is 8.14. The van der Waals surface area contributed by atoms with Gasteiger partial charge in [0.25, 0.3) is 0 Å². The fraction of sp³-hybridized carbons (Fsp3) is 0.375. The quantitative estimate of drug-likeness (QED) is 0.478. The lowest BCUT2D eigenvalue weighted by atomic mass is 10.1. The Labute approximate surface area is 167 Å². The molecule has 0 bridgehead atoms. The minimum atomic E-state index is 0.711. The van der Waals surface area contributed by atoms with E-state index in [0.29, 0.717) is 6.61 Å². The van der Waals surface area contributed by atoms with Crippen LogP contribution in [0.2, 0.25) is 0 Å². The molecule has 2 nitrogen and oxygen atoms in total. The Bertz CT molecular complexity index is 845. The third-order valence-electron chi connectivity index (χ3n) is 4.94. The topological polar surface area (TPSA) is 22.1 Å². The summed E-state index contributed by atoms with van der Waals surface area (Å²) in [5.74, 6) is 1.06. The Hall–Kier alpha value is -2.13. The zero-order valence-corrected chi connectivity index (χ0v) is 17.4. The van der Waals surface area contributed by atoms with Crippen molar-refractivity contribution in [2.75, 3.05) is 6.61 Å². The summed E-state index contributed by atoms with van der Waals surface area (Å²) in [7, 11) is 0. The van der Waals surface area contributed by atoms with Gasteiger partial charge in [-0.25, -0.2) is 4.98 Å². The first-order valence-electron chi connectivity index (χ1n) is 9.85. The van der Waals surface area contributed by atoms with E-state index in [1.807, 2.05) is 13.1 Å². The maximum absolute atomic E-state index is 5.73. The van der Waals surface area contributed by atoms with Crippen LogP contribution in [0.4, 0.5) is 0 Å². The lowest BCUT2D eigenvalue weighted by Gasteiger charge is -2.07. The summed E-state index contributed by atoms with van der Waals surface area (Å²) >= 11 is 1.77. The first kappa shape index (κ1) is 19.6. The predicted molar refractivity (Wildman–Crippen MR) is 117 cm³/mol. The highest BCUT2D eigenvalue weighted by atomic mass is 32.1. The maximum atomic E-state index is 5.73. The molecule has 1 aromatic rings. The molecule has 3 rings (SSSR count). The van der Waals surface area contributed by atoms with Crippen LogP contribution in [0.1, 0.15) is 56.3 Å². The van der Waals surface area contributed by atoms with Gasteiger partial charge in [0.15, 0.2) is 0 Å². The van der Waals surface area contributed by atoms with E-state index >= 15 is 0 Å². The normalized spacial score (nSPS) is 18.1. The number of hydrogen-bond acceptors (Lipinski definition) is 3. The number of aromatic nitrogens is 1. The molecule has 1 aromatic heterocycles. The van der Waals surface area contributed by atoms with Crippen molar-refractivity contribution in [1.29, 1.82) is 0 Å². The van der Waals surface area contributed by atoms with Crippen molar-refractivity contribution < 1.29 is 4.74 Å². The van der Waals surface area contributed by atoms with Crippen molar-refractivity contribution in [3.05, 3.63) is 81.1 Å². The SMILES string of the molecule is CCOC1=C(C)C=C(c2ncc(C/C=C/C=C\C3=C(C)CCC3)s2)C=CC1. The summed E-state index contributed by atoms with van der Waals surface area (Å²) in [5, 5.41) is 1.08. The van der Waals surface area contributed by atoms with E-state index in [0.717, 1.165) is 23.6 Å². The fourth-order valence-corrected chi connectivity index (χ4v) is 4.29. The molecule has 0 radical (unpaired) electrons. The van der Waals surface area contributed by atoms with Crippen LogP contribution in [0.5, 0.6) is 0 Å². The van der Waals surface area contributed by atoms with Crippen LogP contribution in [0, 0.1) is 0 Å². The van der Waals surface area contributed by atoms with E-state index in [2.05, 4.69) is 61.4 Å². The Morgan fingerprint density at radius 1 is 1.22 bits per heavy atom. The van der Waals surface area contributed by atoms with E-state index in [9.17, 15) is 0 Å². The van der Waals surface area contributed by atoms with Gasteiger partial charge in [0, 0.05) is 29.5 Å². The minimum absolute atomic E-state index is 0.711. The smallest absolute Gasteiger partial charge is 0.123 e. The number of rotatable bonds is 7. The molecule has 0 fully saturated rings. The van der Waals surface area contributed by atoms with Gasteiger partial charge >= 0.3 is 0 Å². The lowest BCUT2D eigenvalue weighted by Crippen LogP contribution is -1.92. The summed E-state index contributed by atoms with van der Waals surface area (Å²) in [5.41, 5.74) is 5.43. The Morgan fingerprint density at radius 3 is 2.89 bits per heavy atom. The van der Waals surface area contributed by atoms with Crippen LogP contribution in [0.15, 0.2) is 71.2 Å². The molecule has 0 saturated heterocycles. The molecule has 1 heterocycles. The second-order valence-electron chi connectivity index (χ2n) is 7.03. The molecule has 0 spiro atoms. The van der Waals surface area contributed by atoms with Gasteiger partial charge in [-0.3, -0.25) is 0 Å². The first-order valence-corrected chi connectivity index (χ1v) is 10.7. The summed E-state index contributed by atoms with van der Waals surface area (Å²) < 4.78 is 5.73. The average molecular weight is 380 g/mol. The molecular weight excluding hydrogens is 350 g/mol. The van der Waals surface area contributed by atoms with Gasteiger partial charge in [-0.2, -0.15) is 0 Å². The third-order valence-corrected chi connectivity index (χ3v) is 6.01. The zero-order chi connectivity index (χ0) is 19.1. The summed E-state index contributed by atoms with van der Waals surface area (Å²) in [6.07, 6.45) is 22.9. The lowest BCUT2D eigenvalue weighted by molar-refractivity contribution is 0.222. The highest BCUT2D eigenvalue weighted by molar-refractivity contribution is 7.12. The molecule has 0 atom stereocenters. The van der Waals surface area contributed by atoms with E-state index in [1.54, 1.807) is 16.9 Å². The fourth-order valence-electron chi connectivity index (χ4n) is 3.41. The van der Waals surface area contributed by atoms with Gasteiger partial charge in [0.2, 0.25) is 0 Å². The van der Waals surface area contributed by atoms with E-state index in [4.69, 9.17) is 4.74 Å². The van der Waals surface area contributed by atoms with Crippen LogP contribution in [-0.4, -0.2) is 11.6 Å². The van der Waals surface area contributed by atoms with Gasteiger partial charge in [-0.05, 0) is 57.3 Å². The number of thiazole rings is 1. The van der Waals surface area contributed by atoms with Crippen LogP contribution >= 0.6 is 11.3 Å². The summed E-state index contributed by atoms with van der Waals surface area (Å²) in [4.78, 5) is 5.92.